The summed E-state index contributed by atoms with van der Waals surface area (Å²) in [6, 6.07) is 15.6. The Morgan fingerprint density at radius 1 is 0.955 bits per heavy atom. The van der Waals surface area contributed by atoms with E-state index in [1.165, 1.54) is 32.1 Å². The summed E-state index contributed by atoms with van der Waals surface area (Å²) in [5, 5.41) is 22.7. The number of nitrogens with one attached hydrogen (secondary N) is 2. The standard InChI is InChI=1S/C35H47ClN6O2/c36-28-12-10-26(11-13-28)22-32(40-30-16-14-29(15-17-30)39-31-8-4-5-9-33(31)43)34(44)41-20-18-35(19-21-41,23-42-25-37-24-38-42)27-6-2-1-3-7-27/h4-5,8-13,24-25,27,29-30,32,39-40,43H,1-3,6-7,14-23H2/t29-,30-,32-/m1/s1. The molecule has 3 aromatic rings. The van der Waals surface area contributed by atoms with E-state index >= 15 is 0 Å². The average molecular weight is 619 g/mol. The van der Waals surface area contributed by atoms with E-state index in [-0.39, 0.29) is 29.2 Å². The largest absolute Gasteiger partial charge is 0.506 e. The van der Waals surface area contributed by atoms with Crippen molar-refractivity contribution in [1.29, 1.82) is 0 Å². The maximum absolute atomic E-state index is 14.3. The molecule has 1 saturated heterocycles. The Morgan fingerprint density at radius 3 is 2.34 bits per heavy atom. The fraction of sp³-hybridized carbons (Fsp3) is 0.571. The topological polar surface area (TPSA) is 95.3 Å². The molecule has 1 aromatic heterocycles. The summed E-state index contributed by atoms with van der Waals surface area (Å²) in [7, 11) is 0. The lowest BCUT2D eigenvalue weighted by Crippen LogP contribution is -2.55. The average Bonchev–Trinajstić information content (AvgIpc) is 3.57. The van der Waals surface area contributed by atoms with E-state index in [9.17, 15) is 9.90 Å². The highest BCUT2D eigenvalue weighted by molar-refractivity contribution is 6.30. The number of likely N-dealkylation sites (tertiary alicyclic amines) is 1. The first kappa shape index (κ1) is 30.9. The molecule has 1 amide bonds. The molecule has 1 atom stereocenters. The molecule has 0 bridgehead atoms. The van der Waals surface area contributed by atoms with Crippen molar-refractivity contribution in [1.82, 2.24) is 25.0 Å². The summed E-state index contributed by atoms with van der Waals surface area (Å²) in [4.78, 5) is 20.6. The van der Waals surface area contributed by atoms with Gasteiger partial charge in [-0.05, 0) is 98.9 Å². The minimum atomic E-state index is -0.277. The molecule has 0 radical (unpaired) electrons. The van der Waals surface area contributed by atoms with Crippen LogP contribution in [-0.4, -0.2) is 61.9 Å². The van der Waals surface area contributed by atoms with Gasteiger partial charge in [0.05, 0.1) is 11.7 Å². The van der Waals surface area contributed by atoms with Crippen LogP contribution in [0, 0.1) is 11.3 Å². The minimum absolute atomic E-state index is 0.169. The maximum Gasteiger partial charge on any atom is 0.240 e. The van der Waals surface area contributed by atoms with Crippen LogP contribution in [0.5, 0.6) is 5.75 Å². The number of nitrogens with zero attached hydrogens (tertiary/aromatic N) is 4. The van der Waals surface area contributed by atoms with Crippen LogP contribution in [0.15, 0.2) is 61.2 Å². The predicted octanol–water partition coefficient (Wildman–Crippen LogP) is 6.45. The van der Waals surface area contributed by atoms with Gasteiger partial charge < -0.3 is 20.6 Å². The van der Waals surface area contributed by atoms with Crippen LogP contribution in [0.4, 0.5) is 5.69 Å². The first-order chi connectivity index (χ1) is 21.5. The van der Waals surface area contributed by atoms with Crippen LogP contribution >= 0.6 is 11.6 Å². The molecular formula is C35H47ClN6O2. The SMILES string of the molecule is O=C([C@@H](Cc1ccc(Cl)cc1)N[C@H]1CC[C@H](Nc2ccccc2O)CC1)N1CCC(Cn2cncn2)(C2CCCCC2)CC1. The second kappa shape index (κ2) is 14.3. The molecule has 44 heavy (non-hydrogen) atoms. The Kier molecular flexibility index (Phi) is 10.1. The highest BCUT2D eigenvalue weighted by Crippen LogP contribution is 2.47. The zero-order valence-electron chi connectivity index (χ0n) is 25.7. The van der Waals surface area contributed by atoms with Crippen LogP contribution < -0.4 is 10.6 Å². The maximum atomic E-state index is 14.3. The molecule has 3 aliphatic rings. The third-order valence-corrected chi connectivity index (χ3v) is 10.8. The van der Waals surface area contributed by atoms with Gasteiger partial charge in [-0.1, -0.05) is 55.1 Å². The second-order valence-electron chi connectivity index (χ2n) is 13.4. The monoisotopic (exact) mass is 618 g/mol. The number of carbonyl (C=O) groups is 1. The van der Waals surface area contributed by atoms with Crippen molar-refractivity contribution < 1.29 is 9.90 Å². The first-order valence-corrected chi connectivity index (χ1v) is 17.0. The quantitative estimate of drug-likeness (QED) is 0.226. The summed E-state index contributed by atoms with van der Waals surface area (Å²) >= 11 is 6.19. The molecule has 6 rings (SSSR count). The predicted molar refractivity (Wildman–Crippen MR) is 175 cm³/mol. The van der Waals surface area contributed by atoms with E-state index in [2.05, 4.69) is 25.6 Å². The van der Waals surface area contributed by atoms with Gasteiger partial charge in [0.15, 0.2) is 0 Å². The molecule has 2 heterocycles. The van der Waals surface area contributed by atoms with Gasteiger partial charge in [-0.25, -0.2) is 4.98 Å². The third kappa shape index (κ3) is 7.57. The van der Waals surface area contributed by atoms with Crippen LogP contribution in [-0.2, 0) is 17.8 Å². The van der Waals surface area contributed by atoms with Crippen molar-refractivity contribution in [2.45, 2.75) is 102 Å². The van der Waals surface area contributed by atoms with Crippen molar-refractivity contribution in [2.75, 3.05) is 18.4 Å². The zero-order valence-corrected chi connectivity index (χ0v) is 26.5. The number of carbonyl (C=O) groups excluding carboxylic acids is 1. The van der Waals surface area contributed by atoms with Gasteiger partial charge in [-0.15, -0.1) is 0 Å². The van der Waals surface area contributed by atoms with Crippen molar-refractivity contribution >= 4 is 23.2 Å². The van der Waals surface area contributed by atoms with Gasteiger partial charge in [0.1, 0.15) is 18.4 Å². The zero-order chi connectivity index (χ0) is 30.4. The van der Waals surface area contributed by atoms with E-state index < -0.39 is 0 Å². The van der Waals surface area contributed by atoms with Crippen molar-refractivity contribution in [2.24, 2.45) is 11.3 Å². The Bertz CT molecular complexity index is 1330. The fourth-order valence-electron chi connectivity index (χ4n) is 8.02. The van der Waals surface area contributed by atoms with Crippen LogP contribution in [0.1, 0.15) is 76.2 Å². The number of rotatable bonds is 10. The van der Waals surface area contributed by atoms with Crippen LogP contribution in [0.25, 0.3) is 0 Å². The molecule has 3 N–H and O–H groups in total. The molecule has 9 heteroatoms. The smallest absolute Gasteiger partial charge is 0.240 e. The summed E-state index contributed by atoms with van der Waals surface area (Å²) in [6.45, 7) is 2.48. The summed E-state index contributed by atoms with van der Waals surface area (Å²) in [6.07, 6.45) is 16.6. The summed E-state index contributed by atoms with van der Waals surface area (Å²) in [5.74, 6) is 1.19. The number of phenolic OH excluding ortho intramolecular Hbond substituents is 1. The number of hydrogen-bond donors (Lipinski definition) is 3. The number of aromatic nitrogens is 3. The van der Waals surface area contributed by atoms with E-state index in [1.807, 2.05) is 53.5 Å². The Balaban J connectivity index is 1.11. The van der Waals surface area contributed by atoms with Gasteiger partial charge in [0, 0.05) is 36.7 Å². The number of para-hydroxylation sites is 2. The lowest BCUT2D eigenvalue weighted by atomic mass is 9.63. The van der Waals surface area contributed by atoms with Crippen LogP contribution in [0.3, 0.4) is 0 Å². The number of piperidine rings is 1. The number of anilines is 1. The van der Waals surface area contributed by atoms with Gasteiger partial charge in [0.25, 0.3) is 0 Å². The lowest BCUT2D eigenvalue weighted by Gasteiger charge is -2.48. The van der Waals surface area contributed by atoms with E-state index in [4.69, 9.17) is 11.6 Å². The van der Waals surface area contributed by atoms with E-state index in [0.29, 0.717) is 23.4 Å². The van der Waals surface area contributed by atoms with Crippen molar-refractivity contribution in [3.05, 3.63) is 71.8 Å². The van der Waals surface area contributed by atoms with E-state index in [0.717, 1.165) is 69.4 Å². The number of benzene rings is 2. The molecule has 2 aliphatic carbocycles. The van der Waals surface area contributed by atoms with Gasteiger partial charge in [0.2, 0.25) is 5.91 Å². The number of halogens is 1. The molecule has 3 fully saturated rings. The third-order valence-electron chi connectivity index (χ3n) is 10.6. The van der Waals surface area contributed by atoms with E-state index in [1.54, 1.807) is 12.4 Å². The molecule has 236 valence electrons. The minimum Gasteiger partial charge on any atom is -0.506 e. The molecule has 0 unspecified atom stereocenters. The molecular weight excluding hydrogens is 572 g/mol. The molecule has 0 spiro atoms. The van der Waals surface area contributed by atoms with Gasteiger partial charge in [-0.2, -0.15) is 5.10 Å². The number of hydrogen-bond acceptors (Lipinski definition) is 6. The Hall–Kier alpha value is -3.10. The molecule has 8 nitrogen and oxygen atoms in total. The number of amides is 1. The summed E-state index contributed by atoms with van der Waals surface area (Å²) < 4.78 is 2.02. The second-order valence-corrected chi connectivity index (χ2v) is 13.8. The highest BCUT2D eigenvalue weighted by Gasteiger charge is 2.44. The molecule has 2 aromatic carbocycles. The van der Waals surface area contributed by atoms with Crippen molar-refractivity contribution in [3.8, 4) is 5.75 Å². The van der Waals surface area contributed by atoms with Crippen LogP contribution in [0.2, 0.25) is 5.02 Å². The summed E-state index contributed by atoms with van der Waals surface area (Å²) in [5.41, 5.74) is 2.08. The first-order valence-electron chi connectivity index (χ1n) is 16.6. The Labute approximate surface area is 266 Å². The normalized spacial score (nSPS) is 23.2. The van der Waals surface area contributed by atoms with Crippen molar-refractivity contribution in [3.63, 3.8) is 0 Å². The fourth-order valence-corrected chi connectivity index (χ4v) is 8.14. The molecule has 2 saturated carbocycles. The molecule has 1 aliphatic heterocycles. The lowest BCUT2D eigenvalue weighted by molar-refractivity contribution is -0.137. The van der Waals surface area contributed by atoms with Gasteiger partial charge in [-0.3, -0.25) is 9.48 Å². The number of phenols is 1. The van der Waals surface area contributed by atoms with Gasteiger partial charge >= 0.3 is 0 Å². The highest BCUT2D eigenvalue weighted by atomic mass is 35.5. The Morgan fingerprint density at radius 2 is 1.66 bits per heavy atom. The number of aromatic hydroxyl groups is 1.